The van der Waals surface area contributed by atoms with Crippen molar-refractivity contribution in [1.29, 1.82) is 0 Å². The van der Waals surface area contributed by atoms with Crippen LogP contribution in [0.3, 0.4) is 0 Å². The first-order valence-corrected chi connectivity index (χ1v) is 6.92. The Balaban J connectivity index is 1.90. The van der Waals surface area contributed by atoms with Crippen molar-refractivity contribution in [2.24, 2.45) is 5.73 Å². The number of fused-ring (bicyclic) bond motifs is 1. The van der Waals surface area contributed by atoms with Crippen molar-refractivity contribution in [3.05, 3.63) is 59.4 Å². The summed E-state index contributed by atoms with van der Waals surface area (Å²) in [5.41, 5.74) is 9.28. The van der Waals surface area contributed by atoms with E-state index in [0.717, 1.165) is 16.6 Å². The summed E-state index contributed by atoms with van der Waals surface area (Å²) in [7, 11) is 1.28. The Morgan fingerprint density at radius 2 is 1.96 bits per heavy atom. The molecule has 1 amide bonds. The maximum atomic E-state index is 13.0. The summed E-state index contributed by atoms with van der Waals surface area (Å²) >= 11 is 0. The average Bonchev–Trinajstić information content (AvgIpc) is 2.96. The zero-order valence-electron chi connectivity index (χ0n) is 12.3. The number of ether oxygens (including phenoxy) is 1. The lowest BCUT2D eigenvalue weighted by Gasteiger charge is -2.12. The van der Waals surface area contributed by atoms with Crippen LogP contribution < -0.4 is 11.1 Å². The molecule has 23 heavy (non-hydrogen) atoms. The first-order valence-electron chi connectivity index (χ1n) is 6.92. The van der Waals surface area contributed by atoms with Crippen molar-refractivity contribution < 1.29 is 13.9 Å². The standard InChI is InChI=1S/C16H15FN4O2/c1-23-16(22)21-15-19-12-7-4-10(8-13(12)20-15)14(18)9-2-5-11(17)6-3-9/h2-8,14H,18H2,1H3,(H2,19,20,21,22). The van der Waals surface area contributed by atoms with E-state index in [1.165, 1.54) is 19.2 Å². The fourth-order valence-electron chi connectivity index (χ4n) is 2.29. The number of aromatic amines is 1. The number of rotatable bonds is 3. The van der Waals surface area contributed by atoms with Gasteiger partial charge in [-0.05, 0) is 35.4 Å². The number of amides is 1. The highest BCUT2D eigenvalue weighted by Crippen LogP contribution is 2.24. The van der Waals surface area contributed by atoms with E-state index in [2.05, 4.69) is 20.0 Å². The predicted molar refractivity (Wildman–Crippen MR) is 84.6 cm³/mol. The number of nitrogens with two attached hydrogens (primary N) is 1. The number of imidazole rings is 1. The second-order valence-electron chi connectivity index (χ2n) is 5.01. The van der Waals surface area contributed by atoms with Crippen LogP contribution in [-0.4, -0.2) is 23.2 Å². The van der Waals surface area contributed by atoms with Crippen LogP contribution in [-0.2, 0) is 4.74 Å². The number of hydrogen-bond donors (Lipinski definition) is 3. The van der Waals surface area contributed by atoms with Crippen LogP contribution >= 0.6 is 0 Å². The maximum Gasteiger partial charge on any atom is 0.413 e. The van der Waals surface area contributed by atoms with Crippen LogP contribution in [0.2, 0.25) is 0 Å². The molecule has 0 saturated carbocycles. The van der Waals surface area contributed by atoms with Gasteiger partial charge in [0.2, 0.25) is 5.95 Å². The largest absolute Gasteiger partial charge is 0.453 e. The van der Waals surface area contributed by atoms with Gasteiger partial charge in [0.15, 0.2) is 0 Å². The molecular weight excluding hydrogens is 299 g/mol. The molecule has 6 nitrogen and oxygen atoms in total. The second kappa shape index (κ2) is 6.05. The minimum atomic E-state index is -0.604. The number of carbonyl (C=O) groups excluding carboxylic acids is 1. The molecule has 118 valence electrons. The molecule has 1 atom stereocenters. The molecule has 0 aliphatic carbocycles. The fraction of sp³-hybridized carbons (Fsp3) is 0.125. The monoisotopic (exact) mass is 314 g/mol. The first kappa shape index (κ1) is 15.0. The molecule has 3 rings (SSSR count). The SMILES string of the molecule is COC(=O)Nc1nc2ccc(C(N)c3ccc(F)cc3)cc2[nH]1. The molecule has 0 radical (unpaired) electrons. The van der Waals surface area contributed by atoms with Crippen LogP contribution in [0.4, 0.5) is 15.1 Å². The summed E-state index contributed by atoms with van der Waals surface area (Å²) < 4.78 is 17.5. The smallest absolute Gasteiger partial charge is 0.413 e. The number of nitrogens with one attached hydrogen (secondary N) is 2. The number of hydrogen-bond acceptors (Lipinski definition) is 4. The van der Waals surface area contributed by atoms with Crippen LogP contribution in [0.1, 0.15) is 17.2 Å². The molecule has 0 aliphatic heterocycles. The topological polar surface area (TPSA) is 93.0 Å². The third kappa shape index (κ3) is 3.14. The number of aromatic nitrogens is 2. The number of carbonyl (C=O) groups is 1. The molecular formula is C16H15FN4O2. The molecule has 0 aliphatic rings. The number of anilines is 1. The summed E-state index contributed by atoms with van der Waals surface area (Å²) in [4.78, 5) is 18.4. The fourth-order valence-corrected chi connectivity index (χ4v) is 2.29. The van der Waals surface area contributed by atoms with Crippen molar-refractivity contribution in [3.63, 3.8) is 0 Å². The van der Waals surface area contributed by atoms with Crippen molar-refractivity contribution in [1.82, 2.24) is 9.97 Å². The van der Waals surface area contributed by atoms with Gasteiger partial charge in [-0.15, -0.1) is 0 Å². The third-order valence-corrected chi connectivity index (χ3v) is 3.50. The normalized spacial score (nSPS) is 12.1. The Labute approximate surface area is 131 Å². The predicted octanol–water partition coefficient (Wildman–Crippen LogP) is 2.93. The summed E-state index contributed by atoms with van der Waals surface area (Å²) in [6.45, 7) is 0. The summed E-state index contributed by atoms with van der Waals surface area (Å²) in [5, 5.41) is 2.47. The molecule has 0 spiro atoms. The van der Waals surface area contributed by atoms with Crippen molar-refractivity contribution >= 4 is 23.1 Å². The quantitative estimate of drug-likeness (QED) is 0.693. The molecule has 7 heteroatoms. The van der Waals surface area contributed by atoms with E-state index in [9.17, 15) is 9.18 Å². The van der Waals surface area contributed by atoms with Gasteiger partial charge < -0.3 is 15.5 Å². The van der Waals surface area contributed by atoms with E-state index < -0.39 is 6.09 Å². The van der Waals surface area contributed by atoms with Crippen LogP contribution in [0.25, 0.3) is 11.0 Å². The van der Waals surface area contributed by atoms with Crippen molar-refractivity contribution in [2.45, 2.75) is 6.04 Å². The zero-order valence-corrected chi connectivity index (χ0v) is 12.3. The minimum absolute atomic E-state index is 0.291. The highest BCUT2D eigenvalue weighted by Gasteiger charge is 2.12. The molecule has 1 heterocycles. The van der Waals surface area contributed by atoms with Crippen molar-refractivity contribution in [3.8, 4) is 0 Å². The number of halogens is 1. The molecule has 3 aromatic rings. The number of nitrogens with zero attached hydrogens (tertiary/aromatic N) is 1. The van der Waals surface area contributed by atoms with Gasteiger partial charge in [0.05, 0.1) is 24.2 Å². The Morgan fingerprint density at radius 3 is 2.65 bits per heavy atom. The molecule has 0 saturated heterocycles. The van der Waals surface area contributed by atoms with Gasteiger partial charge in [-0.1, -0.05) is 18.2 Å². The Bertz CT molecular complexity index is 845. The van der Waals surface area contributed by atoms with Crippen LogP contribution in [0.15, 0.2) is 42.5 Å². The molecule has 2 aromatic carbocycles. The summed E-state index contributed by atoms with van der Waals surface area (Å²) in [5.74, 6) is -0.0112. The van der Waals surface area contributed by atoms with E-state index in [1.807, 2.05) is 12.1 Å². The lowest BCUT2D eigenvalue weighted by atomic mass is 9.99. The second-order valence-corrected chi connectivity index (χ2v) is 5.01. The first-order chi connectivity index (χ1) is 11.1. The number of methoxy groups -OCH3 is 1. The lowest BCUT2D eigenvalue weighted by Crippen LogP contribution is -2.12. The van der Waals surface area contributed by atoms with Crippen LogP contribution in [0.5, 0.6) is 0 Å². The third-order valence-electron chi connectivity index (χ3n) is 3.50. The van der Waals surface area contributed by atoms with Gasteiger partial charge in [-0.3, -0.25) is 5.32 Å². The highest BCUT2D eigenvalue weighted by molar-refractivity contribution is 5.86. The molecule has 0 bridgehead atoms. The van der Waals surface area contributed by atoms with Gasteiger partial charge in [0.25, 0.3) is 0 Å². The number of benzene rings is 2. The summed E-state index contributed by atoms with van der Waals surface area (Å²) in [6, 6.07) is 11.2. The Morgan fingerprint density at radius 1 is 1.26 bits per heavy atom. The van der Waals surface area contributed by atoms with E-state index in [-0.39, 0.29) is 11.9 Å². The van der Waals surface area contributed by atoms with Gasteiger partial charge in [0, 0.05) is 0 Å². The van der Waals surface area contributed by atoms with Gasteiger partial charge in [-0.25, -0.2) is 14.2 Å². The molecule has 1 unspecified atom stereocenters. The molecule has 4 N–H and O–H groups in total. The summed E-state index contributed by atoms with van der Waals surface area (Å²) in [6.07, 6.45) is -0.604. The highest BCUT2D eigenvalue weighted by atomic mass is 19.1. The van der Waals surface area contributed by atoms with Crippen LogP contribution in [0, 0.1) is 5.82 Å². The van der Waals surface area contributed by atoms with Gasteiger partial charge in [-0.2, -0.15) is 0 Å². The van der Waals surface area contributed by atoms with E-state index in [1.54, 1.807) is 18.2 Å². The minimum Gasteiger partial charge on any atom is -0.453 e. The Kier molecular flexibility index (Phi) is 3.94. The van der Waals surface area contributed by atoms with Gasteiger partial charge in [0.1, 0.15) is 5.82 Å². The Hall–Kier alpha value is -2.93. The number of H-pyrrole nitrogens is 1. The van der Waals surface area contributed by atoms with E-state index >= 15 is 0 Å². The maximum absolute atomic E-state index is 13.0. The molecule has 1 aromatic heterocycles. The van der Waals surface area contributed by atoms with Crippen molar-refractivity contribution in [2.75, 3.05) is 12.4 Å². The lowest BCUT2D eigenvalue weighted by molar-refractivity contribution is 0.186. The van der Waals surface area contributed by atoms with E-state index in [4.69, 9.17) is 5.73 Å². The molecule has 0 fully saturated rings. The zero-order chi connectivity index (χ0) is 16.4. The average molecular weight is 314 g/mol. The van der Waals surface area contributed by atoms with Gasteiger partial charge >= 0.3 is 6.09 Å². The van der Waals surface area contributed by atoms with E-state index in [0.29, 0.717) is 11.5 Å².